The fraction of sp³-hybridized carbons (Fsp3) is 0.333. The van der Waals surface area contributed by atoms with Crippen LogP contribution in [0.3, 0.4) is 0 Å². The van der Waals surface area contributed by atoms with Crippen LogP contribution >= 0.6 is 0 Å². The Morgan fingerprint density at radius 3 is 2.65 bits per heavy atom. The first-order valence-corrected chi connectivity index (χ1v) is 6.48. The van der Waals surface area contributed by atoms with Gasteiger partial charge in [-0.1, -0.05) is 30.3 Å². The van der Waals surface area contributed by atoms with Gasteiger partial charge in [0.05, 0.1) is 13.3 Å². The number of methoxy groups -OCH3 is 1. The summed E-state index contributed by atoms with van der Waals surface area (Å²) >= 11 is 0. The molecular formula is C15H19N3O2. The van der Waals surface area contributed by atoms with Gasteiger partial charge in [-0.25, -0.2) is 4.79 Å². The number of benzene rings is 1. The van der Waals surface area contributed by atoms with Crippen LogP contribution in [0, 0.1) is 6.92 Å². The van der Waals surface area contributed by atoms with Crippen molar-refractivity contribution in [2.75, 3.05) is 13.7 Å². The summed E-state index contributed by atoms with van der Waals surface area (Å²) < 4.78 is 6.47. The van der Waals surface area contributed by atoms with E-state index in [9.17, 15) is 4.79 Å². The summed E-state index contributed by atoms with van der Waals surface area (Å²) in [6.45, 7) is 2.50. The third-order valence-electron chi connectivity index (χ3n) is 3.49. The number of hydrogen-bond donors (Lipinski definition) is 1. The Kier molecular flexibility index (Phi) is 4.40. The minimum absolute atomic E-state index is 0.0593. The lowest BCUT2D eigenvalue weighted by Gasteiger charge is -2.17. The number of carbonyl (C=O) groups excluding carboxylic acids is 1. The second kappa shape index (κ2) is 6.23. The van der Waals surface area contributed by atoms with E-state index >= 15 is 0 Å². The van der Waals surface area contributed by atoms with Crippen LogP contribution in [0.2, 0.25) is 0 Å². The van der Waals surface area contributed by atoms with Crippen molar-refractivity contribution in [2.24, 2.45) is 7.05 Å². The first-order valence-electron chi connectivity index (χ1n) is 6.48. The number of aryl methyl sites for hydroxylation is 1. The lowest BCUT2D eigenvalue weighted by Crippen LogP contribution is -2.28. The molecule has 0 aliphatic carbocycles. The number of amides is 1. The minimum atomic E-state index is -0.424. The Morgan fingerprint density at radius 1 is 1.40 bits per heavy atom. The number of alkyl carbamates (subject to hydrolysis) is 1. The molecule has 1 N–H and O–H groups in total. The van der Waals surface area contributed by atoms with Gasteiger partial charge in [-0.15, -0.1) is 0 Å². The molecule has 5 nitrogen and oxygen atoms in total. The number of carbonyl (C=O) groups is 1. The van der Waals surface area contributed by atoms with Crippen molar-refractivity contribution < 1.29 is 9.53 Å². The molecule has 0 unspecified atom stereocenters. The van der Waals surface area contributed by atoms with Gasteiger partial charge in [0.15, 0.2) is 0 Å². The van der Waals surface area contributed by atoms with Crippen molar-refractivity contribution in [1.29, 1.82) is 0 Å². The average molecular weight is 273 g/mol. The molecule has 0 fully saturated rings. The molecule has 0 bridgehead atoms. The minimum Gasteiger partial charge on any atom is -0.453 e. The van der Waals surface area contributed by atoms with E-state index in [0.717, 1.165) is 16.8 Å². The van der Waals surface area contributed by atoms with Crippen molar-refractivity contribution in [1.82, 2.24) is 15.1 Å². The monoisotopic (exact) mass is 273 g/mol. The number of ether oxygens (including phenoxy) is 1. The summed E-state index contributed by atoms with van der Waals surface area (Å²) in [5, 5.41) is 7.05. The number of nitrogens with one attached hydrogen (secondary N) is 1. The molecule has 0 saturated carbocycles. The van der Waals surface area contributed by atoms with Crippen LogP contribution in [0.4, 0.5) is 4.79 Å². The van der Waals surface area contributed by atoms with Gasteiger partial charge in [0.25, 0.3) is 0 Å². The molecule has 0 aliphatic heterocycles. The summed E-state index contributed by atoms with van der Waals surface area (Å²) in [7, 11) is 3.27. The molecule has 20 heavy (non-hydrogen) atoms. The molecule has 1 aromatic carbocycles. The highest BCUT2D eigenvalue weighted by atomic mass is 16.5. The Balaban J connectivity index is 2.29. The second-order valence-electron chi connectivity index (χ2n) is 4.64. The maximum absolute atomic E-state index is 11.3. The fourth-order valence-electron chi connectivity index (χ4n) is 2.21. The average Bonchev–Trinajstić information content (AvgIpc) is 2.81. The van der Waals surface area contributed by atoms with E-state index in [-0.39, 0.29) is 5.92 Å². The molecule has 0 spiro atoms. The molecule has 5 heteroatoms. The first kappa shape index (κ1) is 14.1. The van der Waals surface area contributed by atoms with Gasteiger partial charge >= 0.3 is 6.09 Å². The van der Waals surface area contributed by atoms with Crippen molar-refractivity contribution in [3.63, 3.8) is 0 Å². The highest BCUT2D eigenvalue weighted by molar-refractivity contribution is 5.67. The molecule has 0 aliphatic rings. The molecule has 106 valence electrons. The highest BCUT2D eigenvalue weighted by Gasteiger charge is 2.19. The molecule has 0 saturated heterocycles. The first-order chi connectivity index (χ1) is 9.63. The SMILES string of the molecule is COC(=O)NC[C@@H](c1ccccc1)c1cnn(C)c1C. The highest BCUT2D eigenvalue weighted by Crippen LogP contribution is 2.26. The van der Waals surface area contributed by atoms with E-state index < -0.39 is 6.09 Å². The van der Waals surface area contributed by atoms with Crippen LogP contribution in [0.5, 0.6) is 0 Å². The zero-order chi connectivity index (χ0) is 14.5. The van der Waals surface area contributed by atoms with Gasteiger partial charge in [-0.2, -0.15) is 5.10 Å². The third kappa shape index (κ3) is 2.99. The van der Waals surface area contributed by atoms with Crippen LogP contribution in [0.25, 0.3) is 0 Å². The standard InChI is InChI=1S/C15H19N3O2/c1-11-13(10-17-18(11)2)14(9-16-15(19)20-3)12-7-5-4-6-8-12/h4-8,10,14H,9H2,1-3H3,(H,16,19)/t14-/m0/s1. The van der Waals surface area contributed by atoms with Crippen LogP contribution < -0.4 is 5.32 Å². The predicted molar refractivity (Wildman–Crippen MR) is 76.6 cm³/mol. The number of aromatic nitrogens is 2. The van der Waals surface area contributed by atoms with E-state index in [1.807, 2.05) is 43.0 Å². The van der Waals surface area contributed by atoms with E-state index in [1.165, 1.54) is 7.11 Å². The largest absolute Gasteiger partial charge is 0.453 e. The van der Waals surface area contributed by atoms with Crippen LogP contribution in [0.1, 0.15) is 22.7 Å². The van der Waals surface area contributed by atoms with Gasteiger partial charge in [-0.05, 0) is 12.5 Å². The van der Waals surface area contributed by atoms with Gasteiger partial charge in [0.2, 0.25) is 0 Å². The Morgan fingerprint density at radius 2 is 2.10 bits per heavy atom. The van der Waals surface area contributed by atoms with Crippen molar-refractivity contribution in [3.05, 3.63) is 53.3 Å². The summed E-state index contributed by atoms with van der Waals surface area (Å²) in [5.41, 5.74) is 3.33. The quantitative estimate of drug-likeness (QED) is 0.929. The van der Waals surface area contributed by atoms with E-state index in [1.54, 1.807) is 0 Å². The van der Waals surface area contributed by atoms with Crippen molar-refractivity contribution in [2.45, 2.75) is 12.8 Å². The van der Waals surface area contributed by atoms with Crippen molar-refractivity contribution >= 4 is 6.09 Å². The lowest BCUT2D eigenvalue weighted by atomic mass is 9.92. The predicted octanol–water partition coefficient (Wildman–Crippen LogP) is 2.22. The summed E-state index contributed by atoms with van der Waals surface area (Å²) in [6.07, 6.45) is 1.43. The summed E-state index contributed by atoms with van der Waals surface area (Å²) in [6, 6.07) is 10.1. The smallest absolute Gasteiger partial charge is 0.406 e. The molecule has 2 aromatic rings. The van der Waals surface area contributed by atoms with E-state index in [4.69, 9.17) is 0 Å². The zero-order valence-corrected chi connectivity index (χ0v) is 12.0. The Hall–Kier alpha value is -2.30. The van der Waals surface area contributed by atoms with E-state index in [2.05, 4.69) is 27.3 Å². The molecule has 1 aromatic heterocycles. The lowest BCUT2D eigenvalue weighted by molar-refractivity contribution is 0.170. The van der Waals surface area contributed by atoms with E-state index in [0.29, 0.717) is 6.54 Å². The Bertz CT molecular complexity index is 578. The van der Waals surface area contributed by atoms with Gasteiger partial charge in [0, 0.05) is 30.8 Å². The molecular weight excluding hydrogens is 254 g/mol. The van der Waals surface area contributed by atoms with Gasteiger partial charge in [-0.3, -0.25) is 4.68 Å². The van der Waals surface area contributed by atoms with Gasteiger partial charge < -0.3 is 10.1 Å². The third-order valence-corrected chi connectivity index (χ3v) is 3.49. The molecule has 0 radical (unpaired) electrons. The summed E-state index contributed by atoms with van der Waals surface area (Å²) in [4.78, 5) is 11.3. The molecule has 1 heterocycles. The van der Waals surface area contributed by atoms with Crippen LogP contribution in [0.15, 0.2) is 36.5 Å². The van der Waals surface area contributed by atoms with Crippen LogP contribution in [-0.4, -0.2) is 29.5 Å². The topological polar surface area (TPSA) is 56.1 Å². The Labute approximate surface area is 118 Å². The normalized spacial score (nSPS) is 11.9. The summed E-state index contributed by atoms with van der Waals surface area (Å²) in [5.74, 6) is 0.0593. The molecule has 1 atom stereocenters. The van der Waals surface area contributed by atoms with Gasteiger partial charge in [0.1, 0.15) is 0 Å². The molecule has 1 amide bonds. The number of nitrogens with zero attached hydrogens (tertiary/aromatic N) is 2. The number of hydrogen-bond acceptors (Lipinski definition) is 3. The molecule has 2 rings (SSSR count). The fourth-order valence-corrected chi connectivity index (χ4v) is 2.21. The zero-order valence-electron chi connectivity index (χ0n) is 12.0. The second-order valence-corrected chi connectivity index (χ2v) is 4.64. The maximum Gasteiger partial charge on any atom is 0.406 e. The van der Waals surface area contributed by atoms with Crippen LogP contribution in [-0.2, 0) is 11.8 Å². The maximum atomic E-state index is 11.3. The number of rotatable bonds is 4. The van der Waals surface area contributed by atoms with Crippen molar-refractivity contribution in [3.8, 4) is 0 Å².